The van der Waals surface area contributed by atoms with Crippen molar-refractivity contribution < 1.29 is 14.0 Å². The first-order valence-electron chi connectivity index (χ1n) is 9.83. The first-order valence-corrected chi connectivity index (χ1v) is 9.83. The predicted octanol–water partition coefficient (Wildman–Crippen LogP) is 3.76. The van der Waals surface area contributed by atoms with Crippen LogP contribution in [0.3, 0.4) is 0 Å². The third-order valence-electron chi connectivity index (χ3n) is 5.57. The van der Waals surface area contributed by atoms with E-state index in [1.807, 2.05) is 55.5 Å². The molecule has 0 saturated carbocycles. The summed E-state index contributed by atoms with van der Waals surface area (Å²) in [5.41, 5.74) is 3.29. The maximum absolute atomic E-state index is 13.1. The average molecular weight is 388 g/mol. The Labute approximate surface area is 170 Å². The number of hydrogen-bond donors (Lipinski definition) is 1. The molecule has 2 heterocycles. The number of aryl methyl sites for hydroxylation is 1. The minimum Gasteiger partial charge on any atom is -0.459 e. The van der Waals surface area contributed by atoms with Crippen LogP contribution in [0.25, 0.3) is 0 Å². The molecular formula is C24H24N2O3. The molecule has 0 spiro atoms. The van der Waals surface area contributed by atoms with Gasteiger partial charge in [-0.1, -0.05) is 54.6 Å². The van der Waals surface area contributed by atoms with Crippen LogP contribution in [0.5, 0.6) is 0 Å². The van der Waals surface area contributed by atoms with Crippen molar-refractivity contribution in [3.63, 3.8) is 0 Å². The number of carbonyl (C=O) groups excluding carboxylic acids is 2. The van der Waals surface area contributed by atoms with Crippen molar-refractivity contribution in [2.75, 3.05) is 13.1 Å². The van der Waals surface area contributed by atoms with Gasteiger partial charge < -0.3 is 14.6 Å². The number of likely N-dealkylation sites (tertiary alicyclic amines) is 1. The molecule has 1 aliphatic heterocycles. The topological polar surface area (TPSA) is 62.6 Å². The number of nitrogens with one attached hydrogen (secondary N) is 1. The van der Waals surface area contributed by atoms with E-state index >= 15 is 0 Å². The van der Waals surface area contributed by atoms with Crippen LogP contribution >= 0.6 is 0 Å². The van der Waals surface area contributed by atoms with Crippen LogP contribution in [-0.2, 0) is 11.3 Å². The molecule has 0 radical (unpaired) electrons. The number of nitrogens with zero attached hydrogens (tertiary/aromatic N) is 1. The van der Waals surface area contributed by atoms with Gasteiger partial charge in [-0.15, -0.1) is 0 Å². The SMILES string of the molecule is Cc1ccccc1C1CN(C(=O)c2ccco2)CC1C(=O)NCc1ccccc1. The van der Waals surface area contributed by atoms with Gasteiger partial charge in [0, 0.05) is 25.6 Å². The fraction of sp³-hybridized carbons (Fsp3) is 0.250. The van der Waals surface area contributed by atoms with Crippen LogP contribution in [0.4, 0.5) is 0 Å². The molecule has 1 aromatic heterocycles. The molecule has 1 fully saturated rings. The fourth-order valence-corrected chi connectivity index (χ4v) is 4.03. The molecule has 2 amide bonds. The summed E-state index contributed by atoms with van der Waals surface area (Å²) in [4.78, 5) is 27.6. The van der Waals surface area contributed by atoms with Crippen LogP contribution in [0.2, 0.25) is 0 Å². The smallest absolute Gasteiger partial charge is 0.289 e. The second-order valence-electron chi connectivity index (χ2n) is 7.46. The molecule has 1 N–H and O–H groups in total. The Balaban J connectivity index is 1.55. The zero-order valence-corrected chi connectivity index (χ0v) is 16.4. The zero-order chi connectivity index (χ0) is 20.2. The number of furan rings is 1. The molecule has 3 aromatic rings. The van der Waals surface area contributed by atoms with Crippen LogP contribution < -0.4 is 5.32 Å². The molecule has 2 atom stereocenters. The van der Waals surface area contributed by atoms with Gasteiger partial charge in [-0.2, -0.15) is 0 Å². The Hall–Kier alpha value is -3.34. The second-order valence-corrected chi connectivity index (χ2v) is 7.46. The van der Waals surface area contributed by atoms with E-state index in [9.17, 15) is 9.59 Å². The second kappa shape index (κ2) is 8.35. The molecule has 148 valence electrons. The van der Waals surface area contributed by atoms with Gasteiger partial charge in [0.05, 0.1) is 12.2 Å². The highest BCUT2D eigenvalue weighted by Gasteiger charge is 2.41. The highest BCUT2D eigenvalue weighted by Crippen LogP contribution is 2.35. The Morgan fingerprint density at radius 3 is 2.48 bits per heavy atom. The third kappa shape index (κ3) is 4.09. The van der Waals surface area contributed by atoms with Crippen molar-refractivity contribution in [1.82, 2.24) is 10.2 Å². The monoisotopic (exact) mass is 388 g/mol. The summed E-state index contributed by atoms with van der Waals surface area (Å²) in [6.07, 6.45) is 1.49. The lowest BCUT2D eigenvalue weighted by Gasteiger charge is -2.20. The number of amides is 2. The van der Waals surface area contributed by atoms with Crippen molar-refractivity contribution in [3.8, 4) is 0 Å². The molecule has 4 rings (SSSR count). The average Bonchev–Trinajstić information content (AvgIpc) is 3.43. The molecule has 5 nitrogen and oxygen atoms in total. The van der Waals surface area contributed by atoms with Gasteiger partial charge in [0.15, 0.2) is 5.76 Å². The van der Waals surface area contributed by atoms with E-state index in [0.29, 0.717) is 25.4 Å². The van der Waals surface area contributed by atoms with E-state index in [4.69, 9.17) is 4.42 Å². The summed E-state index contributed by atoms with van der Waals surface area (Å²) >= 11 is 0. The number of carbonyl (C=O) groups is 2. The summed E-state index contributed by atoms with van der Waals surface area (Å²) < 4.78 is 5.28. The van der Waals surface area contributed by atoms with E-state index < -0.39 is 0 Å². The summed E-state index contributed by atoms with van der Waals surface area (Å²) in [5.74, 6) is -0.257. The van der Waals surface area contributed by atoms with Gasteiger partial charge >= 0.3 is 0 Å². The van der Waals surface area contributed by atoms with Gasteiger partial charge in [-0.3, -0.25) is 9.59 Å². The maximum Gasteiger partial charge on any atom is 0.289 e. The Bertz CT molecular complexity index is 982. The lowest BCUT2D eigenvalue weighted by molar-refractivity contribution is -0.125. The quantitative estimate of drug-likeness (QED) is 0.724. The number of hydrogen-bond acceptors (Lipinski definition) is 3. The van der Waals surface area contributed by atoms with Gasteiger partial charge in [-0.05, 0) is 35.7 Å². The fourth-order valence-electron chi connectivity index (χ4n) is 4.03. The van der Waals surface area contributed by atoms with Gasteiger partial charge in [0.1, 0.15) is 0 Å². The van der Waals surface area contributed by atoms with Crippen LogP contribution in [-0.4, -0.2) is 29.8 Å². The Kier molecular flexibility index (Phi) is 5.47. The number of benzene rings is 2. The summed E-state index contributed by atoms with van der Waals surface area (Å²) in [7, 11) is 0. The highest BCUT2D eigenvalue weighted by molar-refractivity contribution is 5.92. The standard InChI is InChI=1S/C24H24N2O3/c1-17-8-5-6-11-19(17)20-15-26(24(28)22-12-7-13-29-22)16-21(20)23(27)25-14-18-9-3-2-4-10-18/h2-13,20-21H,14-16H2,1H3,(H,25,27). The number of rotatable bonds is 5. The van der Waals surface area contributed by atoms with Gasteiger partial charge in [-0.25, -0.2) is 0 Å². The van der Waals surface area contributed by atoms with Gasteiger partial charge in [0.25, 0.3) is 5.91 Å². The molecule has 2 aromatic carbocycles. The molecule has 1 aliphatic rings. The third-order valence-corrected chi connectivity index (χ3v) is 5.57. The minimum atomic E-state index is -0.307. The molecule has 0 aliphatic carbocycles. The van der Waals surface area contributed by atoms with E-state index in [0.717, 1.165) is 16.7 Å². The molecule has 2 unspecified atom stereocenters. The lowest BCUT2D eigenvalue weighted by atomic mass is 9.86. The van der Waals surface area contributed by atoms with Crippen molar-refractivity contribution >= 4 is 11.8 Å². The first kappa shape index (κ1) is 19.0. The summed E-state index contributed by atoms with van der Waals surface area (Å²) in [6, 6.07) is 21.3. The summed E-state index contributed by atoms with van der Waals surface area (Å²) in [6.45, 7) is 3.39. The molecule has 5 heteroatoms. The van der Waals surface area contributed by atoms with Gasteiger partial charge in [0.2, 0.25) is 5.91 Å². The Morgan fingerprint density at radius 1 is 1.00 bits per heavy atom. The Morgan fingerprint density at radius 2 is 1.76 bits per heavy atom. The molecule has 0 bridgehead atoms. The highest BCUT2D eigenvalue weighted by atomic mass is 16.3. The first-order chi connectivity index (χ1) is 14.1. The maximum atomic E-state index is 13.1. The largest absolute Gasteiger partial charge is 0.459 e. The molecule has 29 heavy (non-hydrogen) atoms. The minimum absolute atomic E-state index is 0.0307. The molecular weight excluding hydrogens is 364 g/mol. The van der Waals surface area contributed by atoms with Crippen molar-refractivity contribution in [2.24, 2.45) is 5.92 Å². The normalized spacial score (nSPS) is 18.6. The van der Waals surface area contributed by atoms with E-state index in [1.165, 1.54) is 6.26 Å². The van der Waals surface area contributed by atoms with Crippen LogP contribution in [0.1, 0.15) is 33.2 Å². The van der Waals surface area contributed by atoms with Crippen LogP contribution in [0.15, 0.2) is 77.4 Å². The summed E-state index contributed by atoms with van der Waals surface area (Å²) in [5, 5.41) is 3.05. The van der Waals surface area contributed by atoms with E-state index in [1.54, 1.807) is 17.0 Å². The molecule has 1 saturated heterocycles. The lowest BCUT2D eigenvalue weighted by Crippen LogP contribution is -2.35. The zero-order valence-electron chi connectivity index (χ0n) is 16.4. The van der Waals surface area contributed by atoms with Crippen molar-refractivity contribution in [1.29, 1.82) is 0 Å². The van der Waals surface area contributed by atoms with E-state index in [2.05, 4.69) is 11.4 Å². The van der Waals surface area contributed by atoms with Crippen molar-refractivity contribution in [3.05, 3.63) is 95.4 Å². The van der Waals surface area contributed by atoms with E-state index in [-0.39, 0.29) is 23.7 Å². The van der Waals surface area contributed by atoms with Crippen molar-refractivity contribution in [2.45, 2.75) is 19.4 Å². The van der Waals surface area contributed by atoms with Crippen LogP contribution in [0, 0.1) is 12.8 Å². The predicted molar refractivity (Wildman–Crippen MR) is 110 cm³/mol.